The zero-order valence-corrected chi connectivity index (χ0v) is 12.7. The average molecular weight is 304 g/mol. The topological polar surface area (TPSA) is 49.3 Å². The monoisotopic (exact) mass is 303 g/mol. The lowest BCUT2D eigenvalue weighted by Crippen LogP contribution is -2.34. The first-order valence-electron chi connectivity index (χ1n) is 6.20. The summed E-state index contributed by atoms with van der Waals surface area (Å²) in [4.78, 5) is 12.0. The van der Waals surface area contributed by atoms with Crippen LogP contribution < -0.4 is 5.32 Å². The van der Waals surface area contributed by atoms with Crippen LogP contribution in [0.3, 0.4) is 0 Å². The lowest BCUT2D eigenvalue weighted by atomic mass is 9.88. The predicted octanol–water partition coefficient (Wildman–Crippen LogP) is 3.52. The average Bonchev–Trinajstić information content (AvgIpc) is 2.34. The number of halogens is 2. The van der Waals surface area contributed by atoms with Gasteiger partial charge >= 0.3 is 0 Å². The molecule has 106 valence electrons. The van der Waals surface area contributed by atoms with Crippen LogP contribution in [-0.2, 0) is 0 Å². The SMILES string of the molecule is CC(C)(CCCO)CNC(=O)c1ccc(Cl)cc1Cl. The van der Waals surface area contributed by atoms with Gasteiger partial charge in [-0.3, -0.25) is 4.79 Å². The highest BCUT2D eigenvalue weighted by Gasteiger charge is 2.19. The minimum absolute atomic E-state index is 0.0582. The molecule has 0 aliphatic carbocycles. The summed E-state index contributed by atoms with van der Waals surface area (Å²) in [5.74, 6) is -0.209. The van der Waals surface area contributed by atoms with Crippen molar-refractivity contribution in [3.8, 4) is 0 Å². The van der Waals surface area contributed by atoms with Crippen LogP contribution >= 0.6 is 23.2 Å². The zero-order chi connectivity index (χ0) is 14.5. The first kappa shape index (κ1) is 16.3. The summed E-state index contributed by atoms with van der Waals surface area (Å²) in [7, 11) is 0. The zero-order valence-electron chi connectivity index (χ0n) is 11.2. The van der Waals surface area contributed by atoms with Crippen LogP contribution in [0.2, 0.25) is 10.0 Å². The van der Waals surface area contributed by atoms with E-state index in [-0.39, 0.29) is 17.9 Å². The molecule has 1 amide bonds. The molecule has 0 fully saturated rings. The van der Waals surface area contributed by atoms with Gasteiger partial charge in [0.2, 0.25) is 0 Å². The number of hydrogen-bond acceptors (Lipinski definition) is 2. The van der Waals surface area contributed by atoms with Crippen LogP contribution in [0.4, 0.5) is 0 Å². The van der Waals surface area contributed by atoms with Gasteiger partial charge in [-0.25, -0.2) is 0 Å². The Labute approximate surface area is 123 Å². The molecule has 0 saturated heterocycles. The molecule has 1 aromatic carbocycles. The van der Waals surface area contributed by atoms with E-state index in [4.69, 9.17) is 28.3 Å². The Hall–Kier alpha value is -0.770. The fourth-order valence-corrected chi connectivity index (χ4v) is 2.23. The van der Waals surface area contributed by atoms with E-state index in [2.05, 4.69) is 5.32 Å². The van der Waals surface area contributed by atoms with Crippen LogP contribution in [0.25, 0.3) is 0 Å². The van der Waals surface area contributed by atoms with E-state index in [1.807, 2.05) is 13.8 Å². The highest BCUT2D eigenvalue weighted by molar-refractivity contribution is 6.36. The number of hydrogen-bond donors (Lipinski definition) is 2. The number of carbonyl (C=O) groups excluding carboxylic acids is 1. The fourth-order valence-electron chi connectivity index (χ4n) is 1.73. The van der Waals surface area contributed by atoms with Crippen molar-refractivity contribution in [3.63, 3.8) is 0 Å². The van der Waals surface area contributed by atoms with E-state index in [9.17, 15) is 4.79 Å². The normalized spacial score (nSPS) is 11.4. The number of amides is 1. The van der Waals surface area contributed by atoms with E-state index in [0.29, 0.717) is 22.2 Å². The summed E-state index contributed by atoms with van der Waals surface area (Å²) in [5, 5.41) is 12.5. The summed E-state index contributed by atoms with van der Waals surface area (Å²) < 4.78 is 0. The Balaban J connectivity index is 2.60. The van der Waals surface area contributed by atoms with Crippen molar-refractivity contribution in [1.29, 1.82) is 0 Å². The minimum atomic E-state index is -0.209. The molecule has 0 unspecified atom stereocenters. The maximum Gasteiger partial charge on any atom is 0.252 e. The Bertz CT molecular complexity index is 447. The number of aliphatic hydroxyl groups is 1. The van der Waals surface area contributed by atoms with E-state index in [1.165, 1.54) is 0 Å². The molecule has 0 atom stereocenters. The quantitative estimate of drug-likeness (QED) is 0.845. The third-order valence-corrected chi connectivity index (χ3v) is 3.46. The molecule has 1 rings (SSSR count). The van der Waals surface area contributed by atoms with Gasteiger partial charge in [0.25, 0.3) is 5.91 Å². The van der Waals surface area contributed by atoms with Gasteiger partial charge in [0.05, 0.1) is 10.6 Å². The van der Waals surface area contributed by atoms with Crippen LogP contribution in [0.1, 0.15) is 37.0 Å². The first-order valence-corrected chi connectivity index (χ1v) is 6.95. The second-order valence-corrected chi connectivity index (χ2v) is 6.14. The van der Waals surface area contributed by atoms with Gasteiger partial charge in [-0.05, 0) is 36.5 Å². The summed E-state index contributed by atoms with van der Waals surface area (Å²) in [5.41, 5.74) is 0.362. The molecule has 0 aromatic heterocycles. The molecule has 2 N–H and O–H groups in total. The molecule has 5 heteroatoms. The molecule has 0 aliphatic rings. The second-order valence-electron chi connectivity index (χ2n) is 5.30. The van der Waals surface area contributed by atoms with Crippen molar-refractivity contribution in [2.24, 2.45) is 5.41 Å². The number of aliphatic hydroxyl groups excluding tert-OH is 1. The van der Waals surface area contributed by atoms with Crippen molar-refractivity contribution in [3.05, 3.63) is 33.8 Å². The third-order valence-electron chi connectivity index (χ3n) is 2.91. The van der Waals surface area contributed by atoms with Crippen molar-refractivity contribution in [2.75, 3.05) is 13.2 Å². The predicted molar refractivity (Wildman–Crippen MR) is 78.9 cm³/mol. The lowest BCUT2D eigenvalue weighted by molar-refractivity contribution is 0.0933. The van der Waals surface area contributed by atoms with E-state index in [1.54, 1.807) is 18.2 Å². The van der Waals surface area contributed by atoms with Gasteiger partial charge in [0.1, 0.15) is 0 Å². The molecule has 3 nitrogen and oxygen atoms in total. The first-order chi connectivity index (χ1) is 8.85. The Kier molecular flexibility index (Phi) is 6.11. The molecular weight excluding hydrogens is 285 g/mol. The molecule has 1 aromatic rings. The van der Waals surface area contributed by atoms with Gasteiger partial charge in [0.15, 0.2) is 0 Å². The number of nitrogens with one attached hydrogen (secondary N) is 1. The Morgan fingerprint density at radius 2 is 2.05 bits per heavy atom. The van der Waals surface area contributed by atoms with Crippen LogP contribution in [-0.4, -0.2) is 24.2 Å². The smallest absolute Gasteiger partial charge is 0.252 e. The summed E-state index contributed by atoms with van der Waals surface area (Å²) >= 11 is 11.8. The standard InChI is InChI=1S/C14H19Cl2NO2/c1-14(2,6-3-7-18)9-17-13(19)11-5-4-10(15)8-12(11)16/h4-5,8,18H,3,6-7,9H2,1-2H3,(H,17,19). The molecule has 0 spiro atoms. The second kappa shape index (κ2) is 7.13. The molecule has 19 heavy (non-hydrogen) atoms. The molecule has 0 saturated carbocycles. The van der Waals surface area contributed by atoms with Crippen molar-refractivity contribution in [1.82, 2.24) is 5.32 Å². The van der Waals surface area contributed by atoms with Gasteiger partial charge in [0, 0.05) is 18.2 Å². The van der Waals surface area contributed by atoms with Crippen molar-refractivity contribution >= 4 is 29.1 Å². The maximum atomic E-state index is 12.0. The Morgan fingerprint density at radius 3 is 2.63 bits per heavy atom. The van der Waals surface area contributed by atoms with Crippen LogP contribution in [0.5, 0.6) is 0 Å². The Morgan fingerprint density at radius 1 is 1.37 bits per heavy atom. The van der Waals surface area contributed by atoms with Gasteiger partial charge in [-0.2, -0.15) is 0 Å². The van der Waals surface area contributed by atoms with Gasteiger partial charge < -0.3 is 10.4 Å². The largest absolute Gasteiger partial charge is 0.396 e. The fraction of sp³-hybridized carbons (Fsp3) is 0.500. The molecule has 0 heterocycles. The number of benzene rings is 1. The van der Waals surface area contributed by atoms with Gasteiger partial charge in [-0.15, -0.1) is 0 Å². The number of rotatable bonds is 6. The summed E-state index contributed by atoms with van der Waals surface area (Å²) in [6.45, 7) is 4.80. The highest BCUT2D eigenvalue weighted by atomic mass is 35.5. The van der Waals surface area contributed by atoms with E-state index < -0.39 is 0 Å². The molecular formula is C14H19Cl2NO2. The molecule has 0 radical (unpaired) electrons. The molecule has 0 aliphatic heterocycles. The van der Waals surface area contributed by atoms with Crippen molar-refractivity contribution in [2.45, 2.75) is 26.7 Å². The van der Waals surface area contributed by atoms with E-state index >= 15 is 0 Å². The minimum Gasteiger partial charge on any atom is -0.396 e. The van der Waals surface area contributed by atoms with Crippen molar-refractivity contribution < 1.29 is 9.90 Å². The third kappa shape index (κ3) is 5.39. The van der Waals surface area contributed by atoms with Crippen LogP contribution in [0.15, 0.2) is 18.2 Å². The summed E-state index contributed by atoms with van der Waals surface area (Å²) in [6.07, 6.45) is 1.57. The maximum absolute atomic E-state index is 12.0. The summed E-state index contributed by atoms with van der Waals surface area (Å²) in [6, 6.07) is 4.80. The van der Waals surface area contributed by atoms with Crippen LogP contribution in [0, 0.1) is 5.41 Å². The molecule has 0 bridgehead atoms. The number of carbonyl (C=O) groups is 1. The highest BCUT2D eigenvalue weighted by Crippen LogP contribution is 2.23. The van der Waals surface area contributed by atoms with Gasteiger partial charge in [-0.1, -0.05) is 37.0 Å². The van der Waals surface area contributed by atoms with E-state index in [0.717, 1.165) is 12.8 Å². The lowest BCUT2D eigenvalue weighted by Gasteiger charge is -2.24.